The number of hydrogen-bond acceptors (Lipinski definition) is 6. The van der Waals surface area contributed by atoms with E-state index in [9.17, 15) is 0 Å². The molecule has 0 aliphatic heterocycles. The van der Waals surface area contributed by atoms with E-state index < -0.39 is 0 Å². The van der Waals surface area contributed by atoms with E-state index in [1.165, 1.54) is 0 Å². The lowest BCUT2D eigenvalue weighted by atomic mass is 10.3. The molecule has 6 nitrogen and oxygen atoms in total. The molecule has 0 unspecified atom stereocenters. The van der Waals surface area contributed by atoms with Crippen LogP contribution < -0.4 is 5.73 Å². The van der Waals surface area contributed by atoms with Crippen LogP contribution in [0.4, 0.5) is 6.01 Å². The predicted octanol–water partition coefficient (Wildman–Crippen LogP) is 0.726. The van der Waals surface area contributed by atoms with Gasteiger partial charge in [0.1, 0.15) is 0 Å². The first-order valence-electron chi connectivity index (χ1n) is 4.07. The Kier molecular flexibility index (Phi) is 1.88. The van der Waals surface area contributed by atoms with Gasteiger partial charge in [-0.15, -0.1) is 5.10 Å². The van der Waals surface area contributed by atoms with Crippen molar-refractivity contribution in [2.45, 2.75) is 13.8 Å². The van der Waals surface area contributed by atoms with E-state index in [-0.39, 0.29) is 11.9 Å². The second-order valence-electron chi connectivity index (χ2n) is 2.92. The molecule has 72 valence electrons. The molecule has 2 aromatic heterocycles. The van der Waals surface area contributed by atoms with Gasteiger partial charge in [0.15, 0.2) is 0 Å². The lowest BCUT2D eigenvalue weighted by molar-refractivity contribution is 0.584. The van der Waals surface area contributed by atoms with Crippen molar-refractivity contribution in [2.75, 3.05) is 5.73 Å². The average molecular weight is 191 g/mol. The van der Waals surface area contributed by atoms with Crippen LogP contribution in [0.15, 0.2) is 10.5 Å². The van der Waals surface area contributed by atoms with Crippen molar-refractivity contribution in [2.24, 2.45) is 0 Å². The van der Waals surface area contributed by atoms with Crippen LogP contribution in [0.25, 0.3) is 11.7 Å². The number of aryl methyl sites for hydroxylation is 2. The van der Waals surface area contributed by atoms with Gasteiger partial charge in [-0.05, 0) is 19.9 Å². The Bertz CT molecular complexity index is 444. The standard InChI is InChI=1S/C8H9N5O/c1-4-3-5(2)11-6(10-4)7-12-13-8(9)14-7/h3H,1-2H3,(H2,9,13). The minimum Gasteiger partial charge on any atom is -0.400 e. The molecule has 0 bridgehead atoms. The monoisotopic (exact) mass is 191 g/mol. The summed E-state index contributed by atoms with van der Waals surface area (Å²) in [5.74, 6) is 0.654. The largest absolute Gasteiger partial charge is 0.400 e. The van der Waals surface area contributed by atoms with Crippen LogP contribution in [0.1, 0.15) is 11.4 Å². The predicted molar refractivity (Wildman–Crippen MR) is 49.2 cm³/mol. The second-order valence-corrected chi connectivity index (χ2v) is 2.92. The number of nitrogen functional groups attached to an aromatic ring is 1. The molecule has 2 rings (SSSR count). The molecule has 0 aromatic carbocycles. The lowest BCUT2D eigenvalue weighted by Gasteiger charge is -1.97. The molecular formula is C8H9N5O. The maximum atomic E-state index is 5.30. The quantitative estimate of drug-likeness (QED) is 0.714. The van der Waals surface area contributed by atoms with E-state index in [0.29, 0.717) is 5.82 Å². The van der Waals surface area contributed by atoms with E-state index in [0.717, 1.165) is 11.4 Å². The van der Waals surface area contributed by atoms with E-state index in [1.54, 1.807) is 0 Å². The van der Waals surface area contributed by atoms with Gasteiger partial charge in [-0.1, -0.05) is 5.10 Å². The fourth-order valence-corrected chi connectivity index (χ4v) is 1.15. The Morgan fingerprint density at radius 2 is 1.79 bits per heavy atom. The number of rotatable bonds is 1. The molecular weight excluding hydrogens is 182 g/mol. The number of anilines is 1. The third-order valence-corrected chi connectivity index (χ3v) is 1.61. The highest BCUT2D eigenvalue weighted by molar-refractivity contribution is 5.41. The van der Waals surface area contributed by atoms with Crippen molar-refractivity contribution >= 4 is 6.01 Å². The van der Waals surface area contributed by atoms with E-state index in [1.807, 2.05) is 19.9 Å². The molecule has 0 spiro atoms. The van der Waals surface area contributed by atoms with Crippen molar-refractivity contribution < 1.29 is 4.42 Å². The minimum absolute atomic E-state index is 0.0164. The molecule has 6 heteroatoms. The Morgan fingerprint density at radius 3 is 2.29 bits per heavy atom. The summed E-state index contributed by atoms with van der Waals surface area (Å²) < 4.78 is 5.01. The molecule has 0 atom stereocenters. The highest BCUT2D eigenvalue weighted by Crippen LogP contribution is 2.14. The summed E-state index contributed by atoms with van der Waals surface area (Å²) in [4.78, 5) is 8.31. The molecule has 2 heterocycles. The van der Waals surface area contributed by atoms with Crippen molar-refractivity contribution in [1.29, 1.82) is 0 Å². The van der Waals surface area contributed by atoms with Gasteiger partial charge in [0.05, 0.1) is 0 Å². The van der Waals surface area contributed by atoms with Crippen molar-refractivity contribution in [1.82, 2.24) is 20.2 Å². The first-order chi connectivity index (χ1) is 6.65. The molecule has 14 heavy (non-hydrogen) atoms. The van der Waals surface area contributed by atoms with Gasteiger partial charge in [0, 0.05) is 11.4 Å². The summed E-state index contributed by atoms with van der Waals surface area (Å²) in [7, 11) is 0. The third-order valence-electron chi connectivity index (χ3n) is 1.61. The van der Waals surface area contributed by atoms with Gasteiger partial charge < -0.3 is 10.2 Å². The maximum Gasteiger partial charge on any atom is 0.313 e. The SMILES string of the molecule is Cc1cc(C)nc(-c2nnc(N)o2)n1. The zero-order valence-corrected chi connectivity index (χ0v) is 7.85. The first kappa shape index (κ1) is 8.61. The topological polar surface area (TPSA) is 90.7 Å². The molecule has 2 aromatic rings. The molecule has 0 radical (unpaired) electrons. The van der Waals surface area contributed by atoms with Gasteiger partial charge in [-0.3, -0.25) is 0 Å². The van der Waals surface area contributed by atoms with Crippen LogP contribution in [0.2, 0.25) is 0 Å². The van der Waals surface area contributed by atoms with E-state index in [4.69, 9.17) is 10.2 Å². The van der Waals surface area contributed by atoms with Gasteiger partial charge >= 0.3 is 6.01 Å². The van der Waals surface area contributed by atoms with Crippen molar-refractivity contribution in [3.05, 3.63) is 17.5 Å². The van der Waals surface area contributed by atoms with Crippen LogP contribution in [-0.2, 0) is 0 Å². The van der Waals surface area contributed by atoms with Gasteiger partial charge in [-0.25, -0.2) is 9.97 Å². The summed E-state index contributed by atoms with van der Waals surface area (Å²) in [6.45, 7) is 3.75. The zero-order valence-electron chi connectivity index (χ0n) is 7.85. The Morgan fingerprint density at radius 1 is 1.14 bits per heavy atom. The van der Waals surface area contributed by atoms with Crippen LogP contribution in [0.3, 0.4) is 0 Å². The average Bonchev–Trinajstić information content (AvgIpc) is 2.50. The maximum absolute atomic E-state index is 5.30. The van der Waals surface area contributed by atoms with Crippen molar-refractivity contribution in [3.63, 3.8) is 0 Å². The number of nitrogens with zero attached hydrogens (tertiary/aromatic N) is 4. The fraction of sp³-hybridized carbons (Fsp3) is 0.250. The minimum atomic E-state index is 0.0164. The number of aromatic nitrogens is 4. The number of nitrogens with two attached hydrogens (primary N) is 1. The smallest absolute Gasteiger partial charge is 0.313 e. The molecule has 0 saturated heterocycles. The molecule has 0 aliphatic carbocycles. The van der Waals surface area contributed by atoms with Crippen LogP contribution in [0.5, 0.6) is 0 Å². The summed E-state index contributed by atoms with van der Waals surface area (Å²) in [6, 6.07) is 1.88. The summed E-state index contributed by atoms with van der Waals surface area (Å²) in [5.41, 5.74) is 7.00. The van der Waals surface area contributed by atoms with Crippen molar-refractivity contribution in [3.8, 4) is 11.7 Å². The van der Waals surface area contributed by atoms with Crippen LogP contribution >= 0.6 is 0 Å². The molecule has 0 saturated carbocycles. The van der Waals surface area contributed by atoms with Crippen LogP contribution in [-0.4, -0.2) is 20.2 Å². The highest BCUT2D eigenvalue weighted by atomic mass is 16.4. The lowest BCUT2D eigenvalue weighted by Crippen LogP contribution is -1.94. The molecule has 0 amide bonds. The number of hydrogen-bond donors (Lipinski definition) is 1. The second kappa shape index (κ2) is 3.06. The molecule has 0 aliphatic rings. The Balaban J connectivity index is 2.51. The van der Waals surface area contributed by atoms with Gasteiger partial charge in [0.25, 0.3) is 5.89 Å². The molecule has 0 fully saturated rings. The normalized spacial score (nSPS) is 10.4. The fourth-order valence-electron chi connectivity index (χ4n) is 1.15. The zero-order chi connectivity index (χ0) is 10.1. The summed E-state index contributed by atoms with van der Waals surface area (Å²) in [5, 5.41) is 7.24. The van der Waals surface area contributed by atoms with E-state index >= 15 is 0 Å². The Hall–Kier alpha value is -1.98. The Labute approximate surface area is 80.2 Å². The van der Waals surface area contributed by atoms with Gasteiger partial charge in [-0.2, -0.15) is 0 Å². The van der Waals surface area contributed by atoms with E-state index in [2.05, 4.69) is 20.2 Å². The summed E-state index contributed by atoms with van der Waals surface area (Å²) >= 11 is 0. The third kappa shape index (κ3) is 1.54. The molecule has 2 N–H and O–H groups in total. The highest BCUT2D eigenvalue weighted by Gasteiger charge is 2.10. The van der Waals surface area contributed by atoms with Gasteiger partial charge in [0.2, 0.25) is 5.82 Å². The van der Waals surface area contributed by atoms with Crippen LogP contribution in [0, 0.1) is 13.8 Å². The first-order valence-corrected chi connectivity index (χ1v) is 4.07. The summed E-state index contributed by atoms with van der Waals surface area (Å²) in [6.07, 6.45) is 0.